The Morgan fingerprint density at radius 3 is 2.53 bits per heavy atom. The molecule has 1 aliphatic heterocycles. The standard InChI is InChI=1S/C26H37N3O2S/c1-25(2)10-11-26(3,4)22-15-18(5-6-21(22)25)23-17-32-24(28-23)29-13-8-19(9-14-29)27-12-7-20(31)16-30/h5-6,15,17,19,27,30H,7-14,16H2,1-4H3. The molecule has 0 saturated carbocycles. The molecule has 0 bridgehead atoms. The highest BCUT2D eigenvalue weighted by molar-refractivity contribution is 7.14. The van der Waals surface area contributed by atoms with Crippen LogP contribution >= 0.6 is 11.3 Å². The number of nitrogens with zero attached hydrogens (tertiary/aromatic N) is 2. The molecule has 0 amide bonds. The van der Waals surface area contributed by atoms with Crippen molar-refractivity contribution in [1.29, 1.82) is 0 Å². The lowest BCUT2D eigenvalue weighted by Gasteiger charge is -2.42. The fourth-order valence-electron chi connectivity index (χ4n) is 5.06. The minimum atomic E-state index is -0.355. The van der Waals surface area contributed by atoms with Gasteiger partial charge in [0, 0.05) is 43.0 Å². The van der Waals surface area contributed by atoms with Gasteiger partial charge in [0.05, 0.1) is 5.69 Å². The molecule has 1 aliphatic carbocycles. The Labute approximate surface area is 196 Å². The number of piperidine rings is 1. The molecular formula is C26H37N3O2S. The van der Waals surface area contributed by atoms with Gasteiger partial charge in [0.2, 0.25) is 0 Å². The lowest BCUT2D eigenvalue weighted by Crippen LogP contribution is -2.43. The molecule has 0 atom stereocenters. The van der Waals surface area contributed by atoms with Crippen molar-refractivity contribution in [2.24, 2.45) is 0 Å². The van der Waals surface area contributed by atoms with E-state index in [0.717, 1.165) is 36.8 Å². The summed E-state index contributed by atoms with van der Waals surface area (Å²) in [5.74, 6) is -0.0978. The molecule has 5 nitrogen and oxygen atoms in total. The Hall–Kier alpha value is -1.76. The Balaban J connectivity index is 1.41. The van der Waals surface area contributed by atoms with Gasteiger partial charge < -0.3 is 15.3 Å². The number of ketones is 1. The van der Waals surface area contributed by atoms with E-state index in [-0.39, 0.29) is 23.2 Å². The Bertz CT molecular complexity index is 958. The van der Waals surface area contributed by atoms with Crippen molar-refractivity contribution in [3.63, 3.8) is 0 Å². The molecule has 0 spiro atoms. The predicted molar refractivity (Wildman–Crippen MR) is 133 cm³/mol. The van der Waals surface area contributed by atoms with Gasteiger partial charge in [-0.25, -0.2) is 4.98 Å². The quantitative estimate of drug-likeness (QED) is 0.635. The van der Waals surface area contributed by atoms with Crippen LogP contribution in [0.25, 0.3) is 11.3 Å². The second-order valence-electron chi connectivity index (χ2n) is 10.7. The first-order valence-corrected chi connectivity index (χ1v) is 12.8. The fourth-order valence-corrected chi connectivity index (χ4v) is 5.95. The number of hydrogen-bond donors (Lipinski definition) is 2. The highest BCUT2D eigenvalue weighted by atomic mass is 32.1. The molecule has 0 unspecified atom stereocenters. The molecule has 1 aromatic heterocycles. The maximum absolute atomic E-state index is 11.3. The van der Waals surface area contributed by atoms with Gasteiger partial charge in [-0.1, -0.05) is 39.8 Å². The number of rotatable bonds is 7. The molecule has 2 aliphatic rings. The second kappa shape index (κ2) is 9.24. The molecule has 0 radical (unpaired) electrons. The van der Waals surface area contributed by atoms with Crippen molar-refractivity contribution >= 4 is 22.3 Å². The summed E-state index contributed by atoms with van der Waals surface area (Å²) in [6, 6.07) is 7.41. The summed E-state index contributed by atoms with van der Waals surface area (Å²) >= 11 is 1.74. The van der Waals surface area contributed by atoms with E-state index >= 15 is 0 Å². The van der Waals surface area contributed by atoms with E-state index in [0.29, 0.717) is 19.0 Å². The normalized spacial score (nSPS) is 20.2. The molecule has 32 heavy (non-hydrogen) atoms. The molecule has 1 aromatic carbocycles. The van der Waals surface area contributed by atoms with Gasteiger partial charge >= 0.3 is 0 Å². The average Bonchev–Trinajstić information content (AvgIpc) is 3.27. The number of carbonyl (C=O) groups is 1. The number of aromatic nitrogens is 1. The second-order valence-corrected chi connectivity index (χ2v) is 11.5. The largest absolute Gasteiger partial charge is 0.389 e. The summed E-state index contributed by atoms with van der Waals surface area (Å²) in [7, 11) is 0. The van der Waals surface area contributed by atoms with Crippen LogP contribution in [0, 0.1) is 0 Å². The Morgan fingerprint density at radius 2 is 1.84 bits per heavy atom. The van der Waals surface area contributed by atoms with E-state index in [4.69, 9.17) is 10.1 Å². The summed E-state index contributed by atoms with van der Waals surface area (Å²) in [6.07, 6.45) is 4.95. The number of hydrogen-bond acceptors (Lipinski definition) is 6. The van der Waals surface area contributed by atoms with Gasteiger partial charge in [-0.2, -0.15) is 0 Å². The van der Waals surface area contributed by atoms with Crippen LogP contribution in [0.2, 0.25) is 0 Å². The first kappa shape index (κ1) is 23.4. The Kier molecular flexibility index (Phi) is 6.76. The molecule has 1 saturated heterocycles. The zero-order chi connectivity index (χ0) is 22.9. The van der Waals surface area contributed by atoms with Crippen molar-refractivity contribution in [1.82, 2.24) is 10.3 Å². The molecule has 2 heterocycles. The molecular weight excluding hydrogens is 418 g/mol. The van der Waals surface area contributed by atoms with Gasteiger partial charge in [0.25, 0.3) is 0 Å². The summed E-state index contributed by atoms with van der Waals surface area (Å²) < 4.78 is 0. The Morgan fingerprint density at radius 1 is 1.16 bits per heavy atom. The van der Waals surface area contributed by atoms with Crippen molar-refractivity contribution in [2.75, 3.05) is 31.1 Å². The van der Waals surface area contributed by atoms with Crippen LogP contribution in [0.3, 0.4) is 0 Å². The number of carbonyl (C=O) groups excluding carboxylic acids is 1. The van der Waals surface area contributed by atoms with E-state index < -0.39 is 0 Å². The number of nitrogens with one attached hydrogen (secondary N) is 1. The van der Waals surface area contributed by atoms with Crippen LogP contribution in [0.15, 0.2) is 23.6 Å². The van der Waals surface area contributed by atoms with E-state index in [1.807, 2.05) is 0 Å². The van der Waals surface area contributed by atoms with Gasteiger partial charge in [-0.15, -0.1) is 11.3 Å². The van der Waals surface area contributed by atoms with Gasteiger partial charge in [-0.05, 0) is 53.7 Å². The van der Waals surface area contributed by atoms with Gasteiger partial charge in [0.15, 0.2) is 10.9 Å². The highest BCUT2D eigenvalue weighted by Gasteiger charge is 2.37. The topological polar surface area (TPSA) is 65.5 Å². The van der Waals surface area contributed by atoms with Crippen molar-refractivity contribution in [3.8, 4) is 11.3 Å². The van der Waals surface area contributed by atoms with Crippen molar-refractivity contribution < 1.29 is 9.90 Å². The molecule has 2 N–H and O–H groups in total. The highest BCUT2D eigenvalue weighted by Crippen LogP contribution is 2.47. The van der Waals surface area contributed by atoms with Crippen molar-refractivity contribution in [3.05, 3.63) is 34.7 Å². The lowest BCUT2D eigenvalue weighted by atomic mass is 9.63. The number of thiazole rings is 1. The summed E-state index contributed by atoms with van der Waals surface area (Å²) in [4.78, 5) is 18.6. The number of anilines is 1. The number of fused-ring (bicyclic) bond motifs is 1. The van der Waals surface area contributed by atoms with E-state index in [1.54, 1.807) is 11.3 Å². The third kappa shape index (κ3) is 4.92. The van der Waals surface area contributed by atoms with E-state index in [9.17, 15) is 4.79 Å². The zero-order valence-corrected chi connectivity index (χ0v) is 20.7. The number of aliphatic hydroxyl groups excluding tert-OH is 1. The van der Waals surface area contributed by atoms with Crippen LogP contribution in [-0.4, -0.2) is 48.2 Å². The van der Waals surface area contributed by atoms with Crippen LogP contribution < -0.4 is 10.2 Å². The lowest BCUT2D eigenvalue weighted by molar-refractivity contribution is -0.121. The zero-order valence-electron chi connectivity index (χ0n) is 19.9. The predicted octanol–water partition coefficient (Wildman–Crippen LogP) is 4.67. The third-order valence-electron chi connectivity index (χ3n) is 7.42. The summed E-state index contributed by atoms with van der Waals surface area (Å²) in [5.41, 5.74) is 5.71. The van der Waals surface area contributed by atoms with Crippen LogP contribution in [-0.2, 0) is 15.6 Å². The minimum Gasteiger partial charge on any atom is -0.389 e. The van der Waals surface area contributed by atoms with Crippen LogP contribution in [0.5, 0.6) is 0 Å². The number of aliphatic hydroxyl groups is 1. The van der Waals surface area contributed by atoms with Crippen LogP contribution in [0.1, 0.15) is 70.9 Å². The van der Waals surface area contributed by atoms with Crippen molar-refractivity contribution in [2.45, 2.75) is 76.7 Å². The first-order valence-electron chi connectivity index (χ1n) is 11.9. The minimum absolute atomic E-state index is 0.0978. The number of benzene rings is 1. The van der Waals surface area contributed by atoms with Gasteiger partial charge in [0.1, 0.15) is 6.61 Å². The monoisotopic (exact) mass is 455 g/mol. The number of Topliss-reactive ketones (excluding diaryl/α,β-unsaturated/α-hetero) is 1. The smallest absolute Gasteiger partial charge is 0.185 e. The molecule has 174 valence electrons. The third-order valence-corrected chi connectivity index (χ3v) is 8.32. The maximum atomic E-state index is 11.3. The van der Waals surface area contributed by atoms with E-state index in [1.165, 1.54) is 29.5 Å². The van der Waals surface area contributed by atoms with Gasteiger partial charge in [-0.3, -0.25) is 4.79 Å². The molecule has 6 heteroatoms. The average molecular weight is 456 g/mol. The summed E-state index contributed by atoms with van der Waals surface area (Å²) in [6.45, 7) is 11.7. The molecule has 2 aromatic rings. The molecule has 1 fully saturated rings. The van der Waals surface area contributed by atoms with Crippen LogP contribution in [0.4, 0.5) is 5.13 Å². The van der Waals surface area contributed by atoms with E-state index in [2.05, 4.69) is 61.5 Å². The SMILES string of the molecule is CC1(C)CCC(C)(C)c2cc(-c3csc(N4CCC(NCCC(=O)CO)CC4)n3)ccc21. The summed E-state index contributed by atoms with van der Waals surface area (Å²) in [5, 5.41) is 15.6. The first-order chi connectivity index (χ1) is 15.2. The molecule has 4 rings (SSSR count). The maximum Gasteiger partial charge on any atom is 0.185 e. The fraction of sp³-hybridized carbons (Fsp3) is 0.615.